The highest BCUT2D eigenvalue weighted by Gasteiger charge is 2.64. The van der Waals surface area contributed by atoms with Crippen LogP contribution < -0.4 is 20.3 Å². The van der Waals surface area contributed by atoms with Gasteiger partial charge < -0.3 is 35.1 Å². The maximum atomic E-state index is 14.3. The van der Waals surface area contributed by atoms with E-state index < -0.39 is 26.1 Å². The molecule has 4 heterocycles. The average Bonchev–Trinajstić information content (AvgIpc) is 3.84. The van der Waals surface area contributed by atoms with E-state index in [4.69, 9.17) is 9.47 Å². The molecular formula is C41H52N6O7Si. The Kier molecular flexibility index (Phi) is 11.3. The quantitative estimate of drug-likeness (QED) is 0.0852. The summed E-state index contributed by atoms with van der Waals surface area (Å²) in [6.45, 7) is 9.21. The second-order valence-electron chi connectivity index (χ2n) is 15.4. The van der Waals surface area contributed by atoms with E-state index in [2.05, 4.69) is 20.9 Å². The van der Waals surface area contributed by atoms with Gasteiger partial charge in [-0.05, 0) is 99.8 Å². The largest absolute Gasteiger partial charge is 0.494 e. The average molecular weight is 769 g/mol. The van der Waals surface area contributed by atoms with Gasteiger partial charge in [-0.2, -0.15) is 0 Å². The Bertz CT molecular complexity index is 2000. The lowest BCUT2D eigenvalue weighted by molar-refractivity contribution is -0.143. The van der Waals surface area contributed by atoms with E-state index in [1.807, 2.05) is 99.9 Å². The molecule has 7 rings (SSSR count). The van der Waals surface area contributed by atoms with Gasteiger partial charge in [0.25, 0.3) is 5.91 Å². The number of unbranched alkanes of at least 4 members (excludes halogenated alkanes) is 1. The lowest BCUT2D eigenvalue weighted by Gasteiger charge is -2.36. The molecule has 2 amide bonds. The first-order chi connectivity index (χ1) is 26.5. The van der Waals surface area contributed by atoms with Gasteiger partial charge in [-0.1, -0.05) is 42.5 Å². The van der Waals surface area contributed by atoms with Crippen LogP contribution in [0.4, 0.5) is 17.1 Å². The first-order valence-electron chi connectivity index (χ1n) is 19.4. The van der Waals surface area contributed by atoms with Gasteiger partial charge in [0.05, 0.1) is 42.7 Å². The van der Waals surface area contributed by atoms with Gasteiger partial charge in [0.2, 0.25) is 5.91 Å². The van der Waals surface area contributed by atoms with Crippen molar-refractivity contribution in [2.75, 3.05) is 36.6 Å². The van der Waals surface area contributed by atoms with E-state index in [0.717, 1.165) is 29.0 Å². The number of aliphatic hydroxyl groups excluding tert-OH is 2. The Morgan fingerprint density at radius 2 is 1.89 bits per heavy atom. The predicted octanol–water partition coefficient (Wildman–Crippen LogP) is 4.59. The molecule has 55 heavy (non-hydrogen) atoms. The Morgan fingerprint density at radius 3 is 2.62 bits per heavy atom. The molecule has 4 aromatic rings. The molecule has 3 aliphatic rings. The molecule has 1 aromatic heterocycles. The summed E-state index contributed by atoms with van der Waals surface area (Å²) in [6, 6.07) is 20.5. The van der Waals surface area contributed by atoms with Crippen LogP contribution in [0, 0.1) is 5.92 Å². The number of fused-ring (bicyclic) bond motifs is 3. The SMILES string of the molecule is CCOc1ccc2c(c1)CC(NCCCCO)C(=O)N2c1ccc2c(c1)[C@@]1(O[C@H](CCn3cc(C(CO)c4ccccc4)nn3)[C@@H]([Si](C)(C)O)[C@@H]1C)C(=O)N2. The third-order valence-electron chi connectivity index (χ3n) is 11.4. The molecule has 3 aromatic carbocycles. The monoisotopic (exact) mass is 768 g/mol. The van der Waals surface area contributed by atoms with Crippen LogP contribution >= 0.6 is 0 Å². The van der Waals surface area contributed by atoms with E-state index in [-0.39, 0.29) is 42.4 Å². The maximum Gasteiger partial charge on any atom is 0.261 e. The molecule has 6 atom stereocenters. The van der Waals surface area contributed by atoms with Crippen molar-refractivity contribution in [2.24, 2.45) is 5.92 Å². The number of rotatable bonds is 15. The van der Waals surface area contributed by atoms with E-state index in [9.17, 15) is 24.6 Å². The minimum Gasteiger partial charge on any atom is -0.494 e. The molecule has 5 N–H and O–H groups in total. The highest BCUT2D eigenvalue weighted by atomic mass is 28.4. The van der Waals surface area contributed by atoms with Crippen LogP contribution in [-0.2, 0) is 32.9 Å². The second-order valence-corrected chi connectivity index (χ2v) is 19.4. The molecular weight excluding hydrogens is 717 g/mol. The summed E-state index contributed by atoms with van der Waals surface area (Å²) in [7, 11) is -2.92. The highest BCUT2D eigenvalue weighted by molar-refractivity contribution is 6.71. The summed E-state index contributed by atoms with van der Waals surface area (Å²) in [6.07, 6.45) is 3.69. The number of ether oxygens (including phenoxy) is 2. The number of anilines is 3. The molecule has 0 radical (unpaired) electrons. The third-order valence-corrected chi connectivity index (χ3v) is 13.9. The summed E-state index contributed by atoms with van der Waals surface area (Å²) in [5.41, 5.74) is 3.48. The van der Waals surface area contributed by atoms with Crippen LogP contribution in [0.1, 0.15) is 61.4 Å². The van der Waals surface area contributed by atoms with Gasteiger partial charge in [-0.3, -0.25) is 19.2 Å². The lowest BCUT2D eigenvalue weighted by atomic mass is 9.82. The number of carbonyl (C=O) groups excluding carboxylic acids is 2. The van der Waals surface area contributed by atoms with Gasteiger partial charge in [-0.15, -0.1) is 5.10 Å². The molecule has 0 saturated carbocycles. The van der Waals surface area contributed by atoms with E-state index in [1.165, 1.54) is 0 Å². The molecule has 0 aliphatic carbocycles. The number of carbonyl (C=O) groups is 2. The molecule has 292 valence electrons. The Labute approximate surface area is 322 Å². The fourth-order valence-electron chi connectivity index (χ4n) is 8.91. The summed E-state index contributed by atoms with van der Waals surface area (Å²) in [5.74, 6) is -0.375. The number of aryl methyl sites for hydroxylation is 1. The molecule has 0 bridgehead atoms. The van der Waals surface area contributed by atoms with Crippen molar-refractivity contribution in [1.82, 2.24) is 20.3 Å². The van der Waals surface area contributed by atoms with Crippen molar-refractivity contribution in [3.8, 4) is 5.75 Å². The number of nitrogens with one attached hydrogen (secondary N) is 2. The van der Waals surface area contributed by atoms with E-state index in [1.54, 1.807) is 9.58 Å². The standard InChI is InChI=1S/C41H52N6O7Si/c1-5-53-30-14-16-36-28(21-30)22-34(42-18-9-10-20-48)39(50)47(36)29-13-15-33-32(23-29)41(40(51)43-33)26(2)38(55(3,4)52)37(54-41)17-19-46-24-35(44-45-46)31(25-49)27-11-7-6-8-12-27/h6-8,11-16,21,23-24,26,31,34,37-38,42,48-49,52H,5,9-10,17-20,22,25H2,1-4H3,(H,43,51)/t26-,31?,34?,37+,38-,41+/m0/s1. The molecule has 2 unspecified atom stereocenters. The number of aliphatic hydroxyl groups is 2. The van der Waals surface area contributed by atoms with Crippen LogP contribution in [0.2, 0.25) is 18.6 Å². The van der Waals surface area contributed by atoms with E-state index >= 15 is 0 Å². The summed E-state index contributed by atoms with van der Waals surface area (Å²) >= 11 is 0. The van der Waals surface area contributed by atoms with E-state index in [0.29, 0.717) is 61.6 Å². The van der Waals surface area contributed by atoms with Gasteiger partial charge in [-0.25, -0.2) is 0 Å². The predicted molar refractivity (Wildman–Crippen MR) is 211 cm³/mol. The Hall–Kier alpha value is -4.44. The highest BCUT2D eigenvalue weighted by Crippen LogP contribution is 2.59. The van der Waals surface area contributed by atoms with Crippen molar-refractivity contribution in [3.05, 3.63) is 95.3 Å². The van der Waals surface area contributed by atoms with Crippen molar-refractivity contribution in [1.29, 1.82) is 0 Å². The zero-order valence-electron chi connectivity index (χ0n) is 31.9. The van der Waals surface area contributed by atoms with Crippen LogP contribution in [-0.4, -0.2) is 88.6 Å². The number of aromatic nitrogens is 3. The van der Waals surface area contributed by atoms with Crippen molar-refractivity contribution >= 4 is 37.2 Å². The number of hydrogen-bond acceptors (Lipinski definition) is 10. The first-order valence-corrected chi connectivity index (χ1v) is 22.4. The van der Waals surface area contributed by atoms with Gasteiger partial charge in [0, 0.05) is 47.7 Å². The van der Waals surface area contributed by atoms with Crippen molar-refractivity contribution in [2.45, 2.75) is 88.4 Å². The fraction of sp³-hybridized carbons (Fsp3) is 0.463. The second kappa shape index (κ2) is 16.0. The molecule has 1 fully saturated rings. The normalized spacial score (nSPS) is 23.9. The van der Waals surface area contributed by atoms with Crippen LogP contribution in [0.25, 0.3) is 0 Å². The number of benzene rings is 3. The minimum atomic E-state index is -2.92. The fourth-order valence-corrected chi connectivity index (χ4v) is 11.5. The molecule has 3 aliphatic heterocycles. The maximum absolute atomic E-state index is 14.3. The first kappa shape index (κ1) is 38.8. The topological polar surface area (TPSA) is 171 Å². The summed E-state index contributed by atoms with van der Waals surface area (Å²) in [5, 5.41) is 34.7. The number of nitrogens with zero attached hydrogens (tertiary/aromatic N) is 4. The van der Waals surface area contributed by atoms with Gasteiger partial charge in [0.1, 0.15) is 5.75 Å². The Balaban J connectivity index is 1.19. The van der Waals surface area contributed by atoms with Gasteiger partial charge >= 0.3 is 0 Å². The summed E-state index contributed by atoms with van der Waals surface area (Å²) in [4.78, 5) is 42.0. The zero-order valence-corrected chi connectivity index (χ0v) is 32.9. The molecule has 14 heteroatoms. The zero-order chi connectivity index (χ0) is 38.9. The third kappa shape index (κ3) is 7.34. The lowest BCUT2D eigenvalue weighted by Crippen LogP contribution is -2.49. The summed E-state index contributed by atoms with van der Waals surface area (Å²) < 4.78 is 14.5. The molecule has 13 nitrogen and oxygen atoms in total. The number of hydrogen-bond donors (Lipinski definition) is 5. The van der Waals surface area contributed by atoms with Crippen LogP contribution in [0.5, 0.6) is 5.75 Å². The van der Waals surface area contributed by atoms with Crippen LogP contribution in [0.15, 0.2) is 72.9 Å². The smallest absolute Gasteiger partial charge is 0.261 e. The van der Waals surface area contributed by atoms with Crippen molar-refractivity contribution in [3.63, 3.8) is 0 Å². The molecule has 1 saturated heterocycles. The van der Waals surface area contributed by atoms with Crippen molar-refractivity contribution < 1.29 is 34.1 Å². The van der Waals surface area contributed by atoms with Gasteiger partial charge in [0.15, 0.2) is 13.9 Å². The minimum absolute atomic E-state index is 0.0932. The Morgan fingerprint density at radius 1 is 1.09 bits per heavy atom. The number of amides is 2. The van der Waals surface area contributed by atoms with Crippen LogP contribution in [0.3, 0.4) is 0 Å². The molecule has 1 spiro atoms.